The molecule has 5 heteroatoms. The molecule has 0 saturated carbocycles. The van der Waals surface area contributed by atoms with E-state index in [0.717, 1.165) is 38.2 Å². The minimum Gasteiger partial charge on any atom is -0.314 e. The third-order valence-electron chi connectivity index (χ3n) is 3.32. The van der Waals surface area contributed by atoms with E-state index in [9.17, 15) is 4.39 Å². The van der Waals surface area contributed by atoms with E-state index < -0.39 is 0 Å². The summed E-state index contributed by atoms with van der Waals surface area (Å²) in [5.74, 6) is -0.170. The van der Waals surface area contributed by atoms with Crippen LogP contribution in [0.15, 0.2) is 22.7 Å². The Hall–Kier alpha value is -0.160. The van der Waals surface area contributed by atoms with Crippen LogP contribution in [-0.4, -0.2) is 31.1 Å². The van der Waals surface area contributed by atoms with Gasteiger partial charge in [0.2, 0.25) is 0 Å². The van der Waals surface area contributed by atoms with E-state index in [-0.39, 0.29) is 18.2 Å². The largest absolute Gasteiger partial charge is 0.314 e. The maximum absolute atomic E-state index is 13.6. The highest BCUT2D eigenvalue weighted by Gasteiger charge is 2.23. The SMILES string of the molecule is CC[C@H](c1cccc(F)c1Br)N1CCNCC1.Cl. The molecule has 1 heterocycles. The van der Waals surface area contributed by atoms with Gasteiger partial charge in [0.15, 0.2) is 0 Å². The van der Waals surface area contributed by atoms with Gasteiger partial charge >= 0.3 is 0 Å². The minimum atomic E-state index is -0.170. The maximum atomic E-state index is 13.6. The number of hydrogen-bond acceptors (Lipinski definition) is 2. The molecule has 0 aliphatic carbocycles. The topological polar surface area (TPSA) is 15.3 Å². The second kappa shape index (κ2) is 7.43. The number of halogens is 3. The smallest absolute Gasteiger partial charge is 0.137 e. The van der Waals surface area contributed by atoms with Crippen LogP contribution in [0.2, 0.25) is 0 Å². The molecule has 0 spiro atoms. The molecular weight excluding hydrogens is 319 g/mol. The Morgan fingerprint density at radius 1 is 1.39 bits per heavy atom. The molecule has 2 rings (SSSR count). The zero-order valence-electron chi connectivity index (χ0n) is 10.5. The fraction of sp³-hybridized carbons (Fsp3) is 0.538. The molecule has 2 nitrogen and oxygen atoms in total. The third kappa shape index (κ3) is 3.44. The lowest BCUT2D eigenvalue weighted by Crippen LogP contribution is -2.45. The van der Waals surface area contributed by atoms with E-state index in [4.69, 9.17) is 0 Å². The fourth-order valence-electron chi connectivity index (χ4n) is 2.45. The molecule has 18 heavy (non-hydrogen) atoms. The number of nitrogens with one attached hydrogen (secondary N) is 1. The van der Waals surface area contributed by atoms with E-state index in [1.54, 1.807) is 6.07 Å². The summed E-state index contributed by atoms with van der Waals surface area (Å²) in [4.78, 5) is 2.43. The van der Waals surface area contributed by atoms with E-state index in [0.29, 0.717) is 10.5 Å². The van der Waals surface area contributed by atoms with Crippen LogP contribution in [0, 0.1) is 5.82 Å². The molecule has 0 unspecified atom stereocenters. The highest BCUT2D eigenvalue weighted by atomic mass is 79.9. The van der Waals surface area contributed by atoms with E-state index in [1.807, 2.05) is 6.07 Å². The minimum absolute atomic E-state index is 0. The van der Waals surface area contributed by atoms with Crippen molar-refractivity contribution in [1.29, 1.82) is 0 Å². The molecule has 0 aromatic heterocycles. The first-order valence-corrected chi connectivity index (χ1v) is 6.92. The summed E-state index contributed by atoms with van der Waals surface area (Å²) < 4.78 is 14.2. The predicted octanol–water partition coefficient (Wildman–Crippen LogP) is 3.37. The van der Waals surface area contributed by atoms with Gasteiger partial charge in [-0.05, 0) is 34.0 Å². The van der Waals surface area contributed by atoms with Crippen molar-refractivity contribution in [3.63, 3.8) is 0 Å². The van der Waals surface area contributed by atoms with Gasteiger partial charge in [-0.3, -0.25) is 4.90 Å². The molecule has 1 aromatic carbocycles. The average Bonchev–Trinajstić information content (AvgIpc) is 2.37. The molecule has 1 aliphatic heterocycles. The van der Waals surface area contributed by atoms with Crippen LogP contribution < -0.4 is 5.32 Å². The van der Waals surface area contributed by atoms with Crippen LogP contribution in [-0.2, 0) is 0 Å². The van der Waals surface area contributed by atoms with Gasteiger partial charge in [0, 0.05) is 32.2 Å². The first kappa shape index (κ1) is 15.9. The van der Waals surface area contributed by atoms with Crippen molar-refractivity contribution in [2.24, 2.45) is 0 Å². The number of hydrogen-bond donors (Lipinski definition) is 1. The molecule has 1 aromatic rings. The van der Waals surface area contributed by atoms with Crippen LogP contribution in [0.25, 0.3) is 0 Å². The molecule has 102 valence electrons. The molecular formula is C13H19BrClFN2. The van der Waals surface area contributed by atoms with Crippen LogP contribution >= 0.6 is 28.3 Å². The van der Waals surface area contributed by atoms with Gasteiger partial charge in [-0.1, -0.05) is 19.1 Å². The Labute approximate surface area is 122 Å². The van der Waals surface area contributed by atoms with E-state index in [1.165, 1.54) is 6.07 Å². The molecule has 1 aliphatic rings. The molecule has 1 fully saturated rings. The monoisotopic (exact) mass is 336 g/mol. The quantitative estimate of drug-likeness (QED) is 0.910. The van der Waals surface area contributed by atoms with Crippen molar-refractivity contribution in [3.8, 4) is 0 Å². The van der Waals surface area contributed by atoms with Crippen LogP contribution in [0.1, 0.15) is 24.9 Å². The summed E-state index contributed by atoms with van der Waals surface area (Å²) in [5.41, 5.74) is 1.06. The summed E-state index contributed by atoms with van der Waals surface area (Å²) in [6.07, 6.45) is 1.00. The van der Waals surface area contributed by atoms with Crippen molar-refractivity contribution < 1.29 is 4.39 Å². The summed E-state index contributed by atoms with van der Waals surface area (Å²) in [7, 11) is 0. The number of nitrogens with zero attached hydrogens (tertiary/aromatic N) is 1. The highest BCUT2D eigenvalue weighted by Crippen LogP contribution is 2.32. The van der Waals surface area contributed by atoms with Crippen LogP contribution in [0.4, 0.5) is 4.39 Å². The average molecular weight is 338 g/mol. The van der Waals surface area contributed by atoms with Crippen molar-refractivity contribution >= 4 is 28.3 Å². The molecule has 1 N–H and O–H groups in total. The molecule has 0 bridgehead atoms. The van der Waals surface area contributed by atoms with Gasteiger partial charge in [-0.25, -0.2) is 4.39 Å². The summed E-state index contributed by atoms with van der Waals surface area (Å²) in [6, 6.07) is 5.61. The molecule has 0 amide bonds. The summed E-state index contributed by atoms with van der Waals surface area (Å²) in [6.45, 7) is 6.25. The first-order chi connectivity index (χ1) is 8.24. The lowest BCUT2D eigenvalue weighted by molar-refractivity contribution is 0.168. The molecule has 0 radical (unpaired) electrons. The number of benzene rings is 1. The third-order valence-corrected chi connectivity index (χ3v) is 4.16. The number of piperazine rings is 1. The van der Waals surface area contributed by atoms with Gasteiger partial charge < -0.3 is 5.32 Å². The van der Waals surface area contributed by atoms with Crippen molar-refractivity contribution in [2.45, 2.75) is 19.4 Å². The zero-order valence-corrected chi connectivity index (χ0v) is 12.9. The Bertz CT molecular complexity index is 383. The maximum Gasteiger partial charge on any atom is 0.137 e. The molecule has 1 saturated heterocycles. The zero-order chi connectivity index (χ0) is 12.3. The van der Waals surface area contributed by atoms with Crippen LogP contribution in [0.3, 0.4) is 0 Å². The standard InChI is InChI=1S/C13H18BrFN2.ClH/c1-2-12(17-8-6-16-7-9-17)10-4-3-5-11(15)13(10)14;/h3-5,12,16H,2,6-9H2,1H3;1H/t12-;/m1./s1. The summed E-state index contributed by atoms with van der Waals surface area (Å²) >= 11 is 3.37. The Morgan fingerprint density at radius 3 is 2.67 bits per heavy atom. The predicted molar refractivity (Wildman–Crippen MR) is 78.8 cm³/mol. The van der Waals surface area contributed by atoms with Crippen molar-refractivity contribution in [3.05, 3.63) is 34.1 Å². The lowest BCUT2D eigenvalue weighted by Gasteiger charge is -2.35. The Kier molecular flexibility index (Phi) is 6.57. The summed E-state index contributed by atoms with van der Waals surface area (Å²) in [5, 5.41) is 3.34. The second-order valence-electron chi connectivity index (χ2n) is 4.35. The van der Waals surface area contributed by atoms with Crippen LogP contribution in [0.5, 0.6) is 0 Å². The van der Waals surface area contributed by atoms with Gasteiger partial charge in [-0.15, -0.1) is 12.4 Å². The van der Waals surface area contributed by atoms with Gasteiger partial charge in [0.05, 0.1) is 4.47 Å². The fourth-order valence-corrected chi connectivity index (χ4v) is 2.98. The van der Waals surface area contributed by atoms with Crippen molar-refractivity contribution in [2.75, 3.05) is 26.2 Å². The van der Waals surface area contributed by atoms with Gasteiger partial charge in [0.25, 0.3) is 0 Å². The molecule has 1 atom stereocenters. The van der Waals surface area contributed by atoms with Crippen molar-refractivity contribution in [1.82, 2.24) is 10.2 Å². The normalized spacial score (nSPS) is 18.2. The first-order valence-electron chi connectivity index (χ1n) is 6.12. The Balaban J connectivity index is 0.00000162. The second-order valence-corrected chi connectivity index (χ2v) is 5.15. The Morgan fingerprint density at radius 2 is 2.06 bits per heavy atom. The highest BCUT2D eigenvalue weighted by molar-refractivity contribution is 9.10. The van der Waals surface area contributed by atoms with Gasteiger partial charge in [-0.2, -0.15) is 0 Å². The van der Waals surface area contributed by atoms with E-state index >= 15 is 0 Å². The lowest BCUT2D eigenvalue weighted by atomic mass is 10.0. The van der Waals surface area contributed by atoms with E-state index in [2.05, 4.69) is 33.1 Å². The van der Waals surface area contributed by atoms with Gasteiger partial charge in [0.1, 0.15) is 5.82 Å². The number of rotatable bonds is 3.